The summed E-state index contributed by atoms with van der Waals surface area (Å²) in [7, 11) is 1.31. The summed E-state index contributed by atoms with van der Waals surface area (Å²) in [5.74, 6) is 7.56. The summed E-state index contributed by atoms with van der Waals surface area (Å²) in [4.78, 5) is 13.5. The number of fused-ring (bicyclic) bond motifs is 20. The third-order valence-electron chi connectivity index (χ3n) is 25.7. The van der Waals surface area contributed by atoms with Crippen molar-refractivity contribution in [1.29, 1.82) is 0 Å². The molecule has 140 heavy (non-hydrogen) atoms. The molecule has 10 heterocycles. The number of furan rings is 5. The standard InChI is InChI=1S/C27H19NO2.C27H19NOS.C23H19NO2.C22H17NO4S.C22H17NO2Se/c1-18-15-16-22(21(17-18)19-9-3-2-4-10-19)28-23-12-6-8-14-25(23)29-26-20-11-5-7-13-24(20)30-27(26)28;1-18-15-16-22(21(17-18)19-9-3-2-4-10-19)28-23-12-6-8-14-25(23)30-26-20-11-5-7-13-24(20)29-27(26)28;1-15-11-12-20(22(13-15)25-2)24-19-9-5-3-7-16(19)14-18-17-8-4-6-10-21(17)26-23(18)24;1-14-11-12-16(19(13-14)26-2)23-17-8-4-6-10-20(17)28(24,25)21-15-7-3-5-9-18(15)27-22(21)23;1-14-11-12-16(19(13-14)24-2)23-17-8-4-6-10-20(17)26-21-15-7-3-5-9-18(15)25-22(21)23/h2*2-17H,1H3;3-13H,14H2,1-2H3;3-13H,1-2H3;3-13H,1-2H3. The molecule has 5 aliphatic rings. The Morgan fingerprint density at radius 3 is 1.30 bits per heavy atom. The Morgan fingerprint density at radius 2 is 0.700 bits per heavy atom. The number of para-hydroxylation sites is 11. The average molecular weight is 1930 g/mol. The Balaban J connectivity index is 0.0000000978. The molecule has 0 atom stereocenters. The van der Waals surface area contributed by atoms with Gasteiger partial charge in [0.2, 0.25) is 33.4 Å². The van der Waals surface area contributed by atoms with Gasteiger partial charge in [-0.3, -0.25) is 19.6 Å². The third-order valence-corrected chi connectivity index (χ3v) is 31.2. The fourth-order valence-corrected chi connectivity index (χ4v) is 24.5. The van der Waals surface area contributed by atoms with Gasteiger partial charge in [-0.15, -0.1) is 0 Å². The molecule has 0 bridgehead atoms. The molecule has 0 fully saturated rings. The Morgan fingerprint density at radius 1 is 0.307 bits per heavy atom. The van der Waals surface area contributed by atoms with Crippen molar-refractivity contribution in [2.24, 2.45) is 0 Å². The van der Waals surface area contributed by atoms with Crippen molar-refractivity contribution >= 4 is 187 Å². The van der Waals surface area contributed by atoms with Crippen LogP contribution in [0.5, 0.6) is 28.7 Å². The Bertz CT molecular complexity index is 8300. The van der Waals surface area contributed by atoms with Crippen LogP contribution >= 0.6 is 11.8 Å². The fourth-order valence-electron chi connectivity index (χ4n) is 19.2. The number of anilines is 15. The van der Waals surface area contributed by atoms with Crippen molar-refractivity contribution in [3.8, 4) is 51.0 Å². The largest absolute Gasteiger partial charge is 0.449 e. The number of hydrogen-bond donors (Lipinski definition) is 0. The van der Waals surface area contributed by atoms with Crippen molar-refractivity contribution in [3.63, 3.8) is 0 Å². The first-order valence-electron chi connectivity index (χ1n) is 46.2. The van der Waals surface area contributed by atoms with Crippen molar-refractivity contribution in [2.75, 3.05) is 45.8 Å². The second kappa shape index (κ2) is 36.5. The first kappa shape index (κ1) is 87.5. The van der Waals surface area contributed by atoms with E-state index < -0.39 is 9.84 Å². The van der Waals surface area contributed by atoms with Crippen LogP contribution in [-0.4, -0.2) is 44.7 Å². The Labute approximate surface area is 820 Å². The SMILES string of the molecule is COc1cc(C)ccc1N1c2ccccc2Cc2c1oc1ccccc21.COc1cc(C)ccc1N1c2ccccc2S(=O)(=O)c2c1oc1ccccc21.COc1cc(C)ccc1N1c2ccccc2[Se]c2c1oc1ccccc21.Cc1ccc(N2c3ccccc3Oc3c2oc2ccccc32)c(-c2ccccc2)c1.Cc1ccc(N2c3ccccc3Sc3c2oc2ccccc32)c(-c2ccccc2)c1. The number of aryl methyl sites for hydroxylation is 5. The van der Waals surface area contributed by atoms with Crippen molar-refractivity contribution < 1.29 is 49.5 Å². The van der Waals surface area contributed by atoms with Gasteiger partial charge in [0.15, 0.2) is 11.5 Å². The van der Waals surface area contributed by atoms with E-state index in [4.69, 9.17) is 41.0 Å². The topological polar surface area (TPSA) is 153 Å². The van der Waals surface area contributed by atoms with Crippen molar-refractivity contribution in [1.82, 2.24) is 0 Å². The van der Waals surface area contributed by atoms with Crippen LogP contribution in [0.3, 0.4) is 0 Å². The maximum absolute atomic E-state index is 13.4. The normalized spacial score (nSPS) is 13.0. The first-order chi connectivity index (χ1) is 68.6. The molecule has 5 aliphatic heterocycles. The molecule has 684 valence electrons. The number of sulfone groups is 1. The zero-order valence-electron chi connectivity index (χ0n) is 77.7. The molecular weight excluding hydrogens is 1840 g/mol. The van der Waals surface area contributed by atoms with Gasteiger partial charge < -0.3 is 31.9 Å². The van der Waals surface area contributed by atoms with Gasteiger partial charge in [0.1, 0.15) is 38.7 Å². The molecule has 22 aromatic rings. The predicted molar refractivity (Wildman–Crippen MR) is 566 cm³/mol. The molecule has 0 spiro atoms. The van der Waals surface area contributed by atoms with Gasteiger partial charge in [-0.1, -0.05) is 217 Å². The summed E-state index contributed by atoms with van der Waals surface area (Å²) in [5, 5.41) is 5.08. The molecule has 0 saturated carbocycles. The quantitative estimate of drug-likeness (QED) is 0.119. The summed E-state index contributed by atoms with van der Waals surface area (Å²) in [6.07, 6.45) is 0.868. The Kier molecular flexibility index (Phi) is 22.8. The Hall–Kier alpha value is -16.5. The van der Waals surface area contributed by atoms with Crippen LogP contribution in [-0.2, 0) is 16.3 Å². The van der Waals surface area contributed by atoms with Gasteiger partial charge in [-0.25, -0.2) is 8.42 Å². The van der Waals surface area contributed by atoms with Crippen LogP contribution in [0.1, 0.15) is 38.9 Å². The van der Waals surface area contributed by atoms with Crippen LogP contribution < -0.4 is 52.4 Å². The molecular formula is C121H91N5O11S2Se. The number of ether oxygens (including phenoxy) is 4. The summed E-state index contributed by atoms with van der Waals surface area (Å²) in [6.45, 7) is 10.4. The molecule has 0 radical (unpaired) electrons. The maximum Gasteiger partial charge on any atom is 0.249 e. The first-order valence-corrected chi connectivity index (χ1v) is 50.2. The zero-order valence-corrected chi connectivity index (χ0v) is 81.0. The predicted octanol–water partition coefficient (Wildman–Crippen LogP) is 32.0. The molecule has 19 heteroatoms. The van der Waals surface area contributed by atoms with Gasteiger partial charge >= 0.3 is 158 Å². The summed E-state index contributed by atoms with van der Waals surface area (Å²) >= 11 is 1.99. The van der Waals surface area contributed by atoms with Crippen LogP contribution in [0.4, 0.5) is 86.3 Å². The van der Waals surface area contributed by atoms with E-state index in [1.807, 2.05) is 133 Å². The van der Waals surface area contributed by atoms with Crippen LogP contribution in [0.25, 0.3) is 77.1 Å². The van der Waals surface area contributed by atoms with E-state index in [1.165, 1.54) is 79.7 Å². The van der Waals surface area contributed by atoms with Gasteiger partial charge in [0.05, 0.1) is 74.9 Å². The van der Waals surface area contributed by atoms with Gasteiger partial charge in [-0.05, 0) is 189 Å². The number of rotatable bonds is 10. The molecule has 0 amide bonds. The summed E-state index contributed by atoms with van der Waals surface area (Å²) < 4.78 is 84.3. The molecule has 27 rings (SSSR count). The second-order valence-electron chi connectivity index (χ2n) is 34.8. The molecule has 0 N–H and O–H groups in total. The number of methoxy groups -OCH3 is 3. The zero-order chi connectivity index (χ0) is 95.0. The minimum Gasteiger partial charge on any atom is -0.449 e. The van der Waals surface area contributed by atoms with E-state index in [0.29, 0.717) is 28.3 Å². The van der Waals surface area contributed by atoms with Crippen molar-refractivity contribution in [3.05, 3.63) is 433 Å². The van der Waals surface area contributed by atoms with E-state index in [0.717, 1.165) is 142 Å². The van der Waals surface area contributed by atoms with Crippen LogP contribution in [0.15, 0.2) is 436 Å². The van der Waals surface area contributed by atoms with E-state index in [1.54, 1.807) is 63.4 Å². The van der Waals surface area contributed by atoms with E-state index in [-0.39, 0.29) is 30.6 Å². The van der Waals surface area contributed by atoms with E-state index in [9.17, 15) is 8.42 Å². The van der Waals surface area contributed by atoms with E-state index in [2.05, 4.69) is 290 Å². The third kappa shape index (κ3) is 15.6. The summed E-state index contributed by atoms with van der Waals surface area (Å²) in [5.41, 5.74) is 27.0. The average Bonchev–Trinajstić information content (AvgIpc) is 1.53. The maximum atomic E-state index is 13.4. The van der Waals surface area contributed by atoms with E-state index >= 15 is 0 Å². The monoisotopic (exact) mass is 1930 g/mol. The molecule has 5 aromatic heterocycles. The van der Waals surface area contributed by atoms with Crippen molar-refractivity contribution in [2.45, 2.75) is 60.6 Å². The van der Waals surface area contributed by atoms with Gasteiger partial charge in [0, 0.05) is 44.2 Å². The molecule has 0 saturated heterocycles. The minimum atomic E-state index is -3.73. The molecule has 0 unspecified atom stereocenters. The smallest absolute Gasteiger partial charge is 0.249 e. The number of nitrogens with zero attached hydrogens (tertiary/aromatic N) is 5. The second-order valence-corrected chi connectivity index (χ2v) is 39.9. The fraction of sp³-hybridized carbons (Fsp3) is 0.0744. The minimum absolute atomic E-state index is 0.185. The van der Waals surface area contributed by atoms with Gasteiger partial charge in [-0.2, -0.15) is 0 Å². The molecule has 16 nitrogen and oxygen atoms in total. The number of hydrogen-bond acceptors (Lipinski definition) is 17. The summed E-state index contributed by atoms with van der Waals surface area (Å²) in [6, 6.07) is 133. The number of benzene rings is 17. The van der Waals surface area contributed by atoms with Crippen LogP contribution in [0, 0.1) is 34.6 Å². The molecule has 17 aromatic carbocycles. The van der Waals surface area contributed by atoms with Crippen LogP contribution in [0.2, 0.25) is 0 Å². The van der Waals surface area contributed by atoms with Gasteiger partial charge in [0.25, 0.3) is 0 Å². The molecule has 0 aliphatic carbocycles.